The molecule has 0 aromatic heterocycles. The zero-order valence-electron chi connectivity index (χ0n) is 15.1. The van der Waals surface area contributed by atoms with Crippen LogP contribution in [-0.4, -0.2) is 31.6 Å². The molecule has 0 radical (unpaired) electrons. The Bertz CT molecular complexity index is 524. The van der Waals surface area contributed by atoms with E-state index in [0.29, 0.717) is 24.9 Å². The van der Waals surface area contributed by atoms with Gasteiger partial charge in [-0.15, -0.1) is 0 Å². The first-order chi connectivity index (χ1) is 11.5. The molecule has 1 aliphatic rings. The second kappa shape index (κ2) is 9.16. The molecule has 0 bridgehead atoms. The van der Waals surface area contributed by atoms with E-state index in [0.717, 1.165) is 37.7 Å². The highest BCUT2D eigenvalue weighted by Gasteiger charge is 2.30. The molecule has 0 saturated heterocycles. The van der Waals surface area contributed by atoms with Crippen LogP contribution in [0.4, 0.5) is 4.39 Å². The van der Waals surface area contributed by atoms with Gasteiger partial charge in [-0.2, -0.15) is 0 Å². The van der Waals surface area contributed by atoms with Crippen molar-refractivity contribution in [2.75, 3.05) is 20.7 Å². The predicted molar refractivity (Wildman–Crippen MR) is 94.1 cm³/mol. The molecule has 4 heteroatoms. The molecular weight excluding hydrogens is 305 g/mol. The SMILES string of the molecule is CCOC(=O)CCC1CCC(C(c2cccc(F)c2)N(C)C)CC1. The van der Waals surface area contributed by atoms with Gasteiger partial charge in [0.1, 0.15) is 5.82 Å². The summed E-state index contributed by atoms with van der Waals surface area (Å²) in [4.78, 5) is 13.7. The van der Waals surface area contributed by atoms with Crippen molar-refractivity contribution in [3.8, 4) is 0 Å². The molecule has 134 valence electrons. The Kier molecular flexibility index (Phi) is 7.22. The number of esters is 1. The molecule has 1 fully saturated rings. The average molecular weight is 335 g/mol. The number of ether oxygens (including phenoxy) is 1. The lowest BCUT2D eigenvalue weighted by Crippen LogP contribution is -2.30. The van der Waals surface area contributed by atoms with E-state index < -0.39 is 0 Å². The van der Waals surface area contributed by atoms with Crippen LogP contribution in [0.5, 0.6) is 0 Å². The highest BCUT2D eigenvalue weighted by molar-refractivity contribution is 5.69. The Labute approximate surface area is 145 Å². The summed E-state index contributed by atoms with van der Waals surface area (Å²) in [5.41, 5.74) is 1.06. The van der Waals surface area contributed by atoms with E-state index in [2.05, 4.69) is 19.0 Å². The average Bonchev–Trinajstić information content (AvgIpc) is 2.54. The topological polar surface area (TPSA) is 29.5 Å². The summed E-state index contributed by atoms with van der Waals surface area (Å²) in [5, 5.41) is 0. The number of hydrogen-bond acceptors (Lipinski definition) is 3. The van der Waals surface area contributed by atoms with Crippen molar-refractivity contribution in [3.05, 3.63) is 35.6 Å². The number of benzene rings is 1. The predicted octanol–water partition coefficient (Wildman–Crippen LogP) is 4.58. The minimum absolute atomic E-state index is 0.0782. The van der Waals surface area contributed by atoms with Crippen molar-refractivity contribution in [2.45, 2.75) is 51.5 Å². The van der Waals surface area contributed by atoms with Crippen molar-refractivity contribution in [1.29, 1.82) is 0 Å². The molecule has 1 saturated carbocycles. The molecular formula is C20H30FNO2. The summed E-state index contributed by atoms with van der Waals surface area (Å²) >= 11 is 0. The third-order valence-corrected chi connectivity index (χ3v) is 5.15. The Morgan fingerprint density at radius 2 is 2.00 bits per heavy atom. The fourth-order valence-corrected chi connectivity index (χ4v) is 4.03. The summed E-state index contributed by atoms with van der Waals surface area (Å²) in [6.07, 6.45) is 6.01. The normalized spacial score (nSPS) is 22.4. The lowest BCUT2D eigenvalue weighted by molar-refractivity contribution is -0.143. The number of halogens is 1. The van der Waals surface area contributed by atoms with Crippen molar-refractivity contribution in [1.82, 2.24) is 4.90 Å². The van der Waals surface area contributed by atoms with Gasteiger partial charge in [0.15, 0.2) is 0 Å². The Morgan fingerprint density at radius 1 is 1.29 bits per heavy atom. The highest BCUT2D eigenvalue weighted by Crippen LogP contribution is 2.40. The molecule has 2 rings (SSSR count). The fraction of sp³-hybridized carbons (Fsp3) is 0.650. The maximum atomic E-state index is 13.6. The van der Waals surface area contributed by atoms with E-state index in [1.165, 1.54) is 6.07 Å². The molecule has 0 N–H and O–H groups in total. The minimum Gasteiger partial charge on any atom is -0.466 e. The van der Waals surface area contributed by atoms with Crippen LogP contribution < -0.4 is 0 Å². The van der Waals surface area contributed by atoms with Crippen molar-refractivity contribution < 1.29 is 13.9 Å². The van der Waals surface area contributed by atoms with Crippen LogP contribution in [0.1, 0.15) is 57.1 Å². The van der Waals surface area contributed by atoms with Gasteiger partial charge in [0.2, 0.25) is 0 Å². The molecule has 0 heterocycles. The first-order valence-electron chi connectivity index (χ1n) is 9.08. The second-order valence-electron chi connectivity index (χ2n) is 7.09. The van der Waals surface area contributed by atoms with Gasteiger partial charge in [0, 0.05) is 12.5 Å². The van der Waals surface area contributed by atoms with Gasteiger partial charge in [-0.1, -0.05) is 25.0 Å². The first-order valence-corrected chi connectivity index (χ1v) is 9.08. The standard InChI is InChI=1S/C20H30FNO2/c1-4-24-19(23)13-10-15-8-11-16(12-9-15)20(22(2)3)17-6-5-7-18(21)14-17/h5-7,14-16,20H,4,8-13H2,1-3H3. The maximum absolute atomic E-state index is 13.6. The van der Waals surface area contributed by atoms with Crippen LogP contribution in [0, 0.1) is 17.7 Å². The number of hydrogen-bond donors (Lipinski definition) is 0. The summed E-state index contributed by atoms with van der Waals surface area (Å²) in [7, 11) is 4.14. The molecule has 1 atom stereocenters. The number of carbonyl (C=O) groups excluding carboxylic acids is 1. The first kappa shape index (κ1) is 18.9. The Balaban J connectivity index is 1.90. The van der Waals surface area contributed by atoms with Crippen LogP contribution >= 0.6 is 0 Å². The van der Waals surface area contributed by atoms with Gasteiger partial charge in [0.25, 0.3) is 0 Å². The van der Waals surface area contributed by atoms with E-state index in [-0.39, 0.29) is 17.8 Å². The smallest absolute Gasteiger partial charge is 0.305 e. The quantitative estimate of drug-likeness (QED) is 0.683. The van der Waals surface area contributed by atoms with Gasteiger partial charge in [0.05, 0.1) is 6.61 Å². The van der Waals surface area contributed by atoms with E-state index in [1.54, 1.807) is 12.1 Å². The van der Waals surface area contributed by atoms with Crippen LogP contribution in [-0.2, 0) is 9.53 Å². The number of rotatable bonds is 7. The van der Waals surface area contributed by atoms with Crippen LogP contribution in [0.2, 0.25) is 0 Å². The van der Waals surface area contributed by atoms with Gasteiger partial charge >= 0.3 is 5.97 Å². The Hall–Kier alpha value is -1.42. The van der Waals surface area contributed by atoms with E-state index in [1.807, 2.05) is 13.0 Å². The fourth-order valence-electron chi connectivity index (χ4n) is 4.03. The van der Waals surface area contributed by atoms with Crippen LogP contribution in [0.25, 0.3) is 0 Å². The van der Waals surface area contributed by atoms with E-state index >= 15 is 0 Å². The largest absolute Gasteiger partial charge is 0.466 e. The lowest BCUT2D eigenvalue weighted by Gasteiger charge is -2.37. The van der Waals surface area contributed by atoms with E-state index in [9.17, 15) is 9.18 Å². The van der Waals surface area contributed by atoms with Crippen molar-refractivity contribution >= 4 is 5.97 Å². The summed E-state index contributed by atoms with van der Waals surface area (Å²) < 4.78 is 18.6. The van der Waals surface area contributed by atoms with Crippen molar-refractivity contribution in [3.63, 3.8) is 0 Å². The number of carbonyl (C=O) groups is 1. The molecule has 3 nitrogen and oxygen atoms in total. The molecule has 1 unspecified atom stereocenters. The third kappa shape index (κ3) is 5.30. The third-order valence-electron chi connectivity index (χ3n) is 5.15. The zero-order valence-corrected chi connectivity index (χ0v) is 15.1. The van der Waals surface area contributed by atoms with E-state index in [4.69, 9.17) is 4.74 Å². The highest BCUT2D eigenvalue weighted by atomic mass is 19.1. The lowest BCUT2D eigenvalue weighted by atomic mass is 9.75. The number of nitrogens with zero attached hydrogens (tertiary/aromatic N) is 1. The Morgan fingerprint density at radius 3 is 2.58 bits per heavy atom. The molecule has 0 aliphatic heterocycles. The molecule has 1 aromatic carbocycles. The molecule has 0 spiro atoms. The minimum atomic E-state index is -0.164. The summed E-state index contributed by atoms with van der Waals surface area (Å²) in [6.45, 7) is 2.31. The zero-order chi connectivity index (χ0) is 17.5. The van der Waals surface area contributed by atoms with Crippen molar-refractivity contribution in [2.24, 2.45) is 11.8 Å². The van der Waals surface area contributed by atoms with Gasteiger partial charge in [-0.05, 0) is 69.8 Å². The monoisotopic (exact) mass is 335 g/mol. The molecule has 24 heavy (non-hydrogen) atoms. The van der Waals surface area contributed by atoms with Crippen LogP contribution in [0.15, 0.2) is 24.3 Å². The van der Waals surface area contributed by atoms with Gasteiger partial charge < -0.3 is 9.64 Å². The molecule has 1 aromatic rings. The maximum Gasteiger partial charge on any atom is 0.305 e. The summed E-state index contributed by atoms with van der Waals surface area (Å²) in [6, 6.07) is 7.25. The second-order valence-corrected chi connectivity index (χ2v) is 7.09. The van der Waals surface area contributed by atoms with Crippen LogP contribution in [0.3, 0.4) is 0 Å². The molecule has 1 aliphatic carbocycles. The van der Waals surface area contributed by atoms with Gasteiger partial charge in [-0.3, -0.25) is 4.79 Å². The molecule has 0 amide bonds. The van der Waals surface area contributed by atoms with Gasteiger partial charge in [-0.25, -0.2) is 4.39 Å². The summed E-state index contributed by atoms with van der Waals surface area (Å²) in [5.74, 6) is 0.912.